The summed E-state index contributed by atoms with van der Waals surface area (Å²) < 4.78 is 7.24. The molecule has 3 heterocycles. The molecular weight excluding hydrogens is 358 g/mol. The smallest absolute Gasteiger partial charge is 0.262 e. The number of benzene rings is 1. The molecule has 6 heteroatoms. The summed E-state index contributed by atoms with van der Waals surface area (Å²) >= 11 is 1.71. The van der Waals surface area contributed by atoms with Crippen LogP contribution in [0.25, 0.3) is 10.2 Å². The lowest BCUT2D eigenvalue weighted by atomic mass is 9.92. The summed E-state index contributed by atoms with van der Waals surface area (Å²) in [6.07, 6.45) is 4.84. The molecule has 0 bridgehead atoms. The Hall–Kier alpha value is -2.02. The SMILES string of the molecule is O=c1c2c3c(sc2ncn1Cc1ccccc1)CC(N1CCOCC1)CC3. The normalized spacial score (nSPS) is 20.7. The maximum absolute atomic E-state index is 13.2. The number of nitrogens with zero attached hydrogens (tertiary/aromatic N) is 3. The Morgan fingerprint density at radius 1 is 1.19 bits per heavy atom. The summed E-state index contributed by atoms with van der Waals surface area (Å²) in [5, 5.41) is 0.855. The Morgan fingerprint density at radius 2 is 2.00 bits per heavy atom. The predicted octanol–water partition coefficient (Wildman–Crippen LogP) is 2.70. The highest BCUT2D eigenvalue weighted by molar-refractivity contribution is 7.18. The molecule has 1 saturated heterocycles. The molecule has 3 aromatic rings. The van der Waals surface area contributed by atoms with Gasteiger partial charge in [0.05, 0.1) is 31.5 Å². The number of aryl methyl sites for hydroxylation is 1. The minimum atomic E-state index is 0.103. The second kappa shape index (κ2) is 7.19. The van der Waals surface area contributed by atoms with Crippen molar-refractivity contribution in [3.05, 3.63) is 63.0 Å². The van der Waals surface area contributed by atoms with Gasteiger partial charge in [-0.15, -0.1) is 11.3 Å². The van der Waals surface area contributed by atoms with E-state index in [0.29, 0.717) is 12.6 Å². The Balaban J connectivity index is 1.47. The van der Waals surface area contributed by atoms with Crippen LogP contribution in [0.1, 0.15) is 22.4 Å². The number of hydrogen-bond donors (Lipinski definition) is 0. The van der Waals surface area contributed by atoms with Crippen LogP contribution in [-0.4, -0.2) is 46.8 Å². The van der Waals surface area contributed by atoms with Crippen molar-refractivity contribution in [3.63, 3.8) is 0 Å². The van der Waals surface area contributed by atoms with Crippen LogP contribution in [0.15, 0.2) is 41.5 Å². The molecule has 1 aliphatic carbocycles. The molecule has 2 aromatic heterocycles. The van der Waals surface area contributed by atoms with E-state index < -0.39 is 0 Å². The third-order valence-corrected chi connectivity index (χ3v) is 6.93. The van der Waals surface area contributed by atoms with Crippen LogP contribution in [0.4, 0.5) is 0 Å². The molecule has 1 unspecified atom stereocenters. The van der Waals surface area contributed by atoms with Gasteiger partial charge in [-0.25, -0.2) is 4.98 Å². The van der Waals surface area contributed by atoms with Crippen molar-refractivity contribution in [2.75, 3.05) is 26.3 Å². The van der Waals surface area contributed by atoms with Gasteiger partial charge in [0.25, 0.3) is 5.56 Å². The average Bonchev–Trinajstić information content (AvgIpc) is 3.10. The summed E-state index contributed by atoms with van der Waals surface area (Å²) in [5.74, 6) is 0. The molecule has 0 radical (unpaired) electrons. The van der Waals surface area contributed by atoms with E-state index >= 15 is 0 Å². The average molecular weight is 382 g/mol. The Labute approximate surface area is 162 Å². The highest BCUT2D eigenvalue weighted by Crippen LogP contribution is 2.35. The van der Waals surface area contributed by atoms with Gasteiger partial charge in [-0.05, 0) is 30.4 Å². The first-order valence-corrected chi connectivity index (χ1v) is 10.5. The third kappa shape index (κ3) is 3.22. The summed E-state index contributed by atoms with van der Waals surface area (Å²) in [4.78, 5) is 22.6. The van der Waals surface area contributed by atoms with Crippen LogP contribution in [0.3, 0.4) is 0 Å². The third-order valence-electron chi connectivity index (χ3n) is 5.77. The Bertz CT molecular complexity index is 1010. The van der Waals surface area contributed by atoms with Crippen LogP contribution >= 0.6 is 11.3 Å². The molecule has 1 aromatic carbocycles. The summed E-state index contributed by atoms with van der Waals surface area (Å²) in [6.45, 7) is 4.28. The minimum Gasteiger partial charge on any atom is -0.379 e. The fourth-order valence-electron chi connectivity index (χ4n) is 4.33. The van der Waals surface area contributed by atoms with Crippen LogP contribution in [-0.2, 0) is 24.1 Å². The number of ether oxygens (including phenoxy) is 1. The van der Waals surface area contributed by atoms with E-state index in [2.05, 4.69) is 9.88 Å². The molecule has 0 amide bonds. The van der Waals surface area contributed by atoms with E-state index in [4.69, 9.17) is 4.74 Å². The predicted molar refractivity (Wildman–Crippen MR) is 108 cm³/mol. The van der Waals surface area contributed by atoms with E-state index in [1.165, 1.54) is 10.4 Å². The maximum atomic E-state index is 13.2. The van der Waals surface area contributed by atoms with E-state index in [9.17, 15) is 4.79 Å². The standard InChI is InChI=1S/C21H23N3O2S/c25-21-19-17-7-6-16(23-8-10-26-11-9-23)12-18(17)27-20(19)22-14-24(21)13-15-4-2-1-3-5-15/h1-5,14,16H,6-13H2. The molecule has 1 fully saturated rings. The zero-order valence-corrected chi connectivity index (χ0v) is 16.1. The molecule has 140 valence electrons. The molecule has 1 atom stereocenters. The molecule has 1 aliphatic heterocycles. The first-order chi connectivity index (χ1) is 13.3. The molecule has 0 spiro atoms. The van der Waals surface area contributed by atoms with E-state index in [0.717, 1.165) is 61.3 Å². The van der Waals surface area contributed by atoms with Gasteiger partial charge in [0.1, 0.15) is 4.83 Å². The van der Waals surface area contributed by atoms with Gasteiger partial charge >= 0.3 is 0 Å². The van der Waals surface area contributed by atoms with Crippen molar-refractivity contribution >= 4 is 21.6 Å². The van der Waals surface area contributed by atoms with Gasteiger partial charge in [-0.2, -0.15) is 0 Å². The molecule has 5 nitrogen and oxygen atoms in total. The van der Waals surface area contributed by atoms with Crippen molar-refractivity contribution in [1.29, 1.82) is 0 Å². The lowest BCUT2D eigenvalue weighted by molar-refractivity contribution is 0.0140. The fraction of sp³-hybridized carbons (Fsp3) is 0.429. The molecule has 5 rings (SSSR count). The van der Waals surface area contributed by atoms with Crippen molar-refractivity contribution in [1.82, 2.24) is 14.5 Å². The zero-order valence-electron chi connectivity index (χ0n) is 15.3. The number of thiophene rings is 1. The first-order valence-electron chi connectivity index (χ1n) is 9.65. The maximum Gasteiger partial charge on any atom is 0.262 e. The zero-order chi connectivity index (χ0) is 18.2. The Kier molecular flexibility index (Phi) is 4.55. The van der Waals surface area contributed by atoms with Crippen molar-refractivity contribution in [2.24, 2.45) is 0 Å². The number of morpholine rings is 1. The van der Waals surface area contributed by atoms with Gasteiger partial charge < -0.3 is 4.74 Å². The van der Waals surface area contributed by atoms with Gasteiger partial charge in [0.2, 0.25) is 0 Å². The number of fused-ring (bicyclic) bond motifs is 3. The molecule has 27 heavy (non-hydrogen) atoms. The number of aromatic nitrogens is 2. The van der Waals surface area contributed by atoms with E-state index in [1.54, 1.807) is 22.2 Å². The number of hydrogen-bond acceptors (Lipinski definition) is 5. The van der Waals surface area contributed by atoms with Gasteiger partial charge in [-0.1, -0.05) is 30.3 Å². The second-order valence-corrected chi connectivity index (χ2v) is 8.48. The lowest BCUT2D eigenvalue weighted by Gasteiger charge is -2.36. The van der Waals surface area contributed by atoms with Crippen molar-refractivity contribution in [2.45, 2.75) is 31.8 Å². The number of rotatable bonds is 3. The van der Waals surface area contributed by atoms with Crippen LogP contribution in [0.2, 0.25) is 0 Å². The largest absolute Gasteiger partial charge is 0.379 e. The molecular formula is C21H23N3O2S. The van der Waals surface area contributed by atoms with Gasteiger partial charge in [0, 0.05) is 24.0 Å². The molecule has 0 saturated carbocycles. The van der Waals surface area contributed by atoms with Crippen LogP contribution in [0.5, 0.6) is 0 Å². The van der Waals surface area contributed by atoms with E-state index in [1.807, 2.05) is 30.3 Å². The minimum absolute atomic E-state index is 0.103. The summed E-state index contributed by atoms with van der Waals surface area (Å²) in [6, 6.07) is 10.7. The summed E-state index contributed by atoms with van der Waals surface area (Å²) in [7, 11) is 0. The van der Waals surface area contributed by atoms with Crippen molar-refractivity contribution in [3.8, 4) is 0 Å². The van der Waals surface area contributed by atoms with Crippen LogP contribution in [0, 0.1) is 0 Å². The highest BCUT2D eigenvalue weighted by atomic mass is 32.1. The summed E-state index contributed by atoms with van der Waals surface area (Å²) in [5.41, 5.74) is 2.47. The van der Waals surface area contributed by atoms with Crippen molar-refractivity contribution < 1.29 is 4.74 Å². The second-order valence-electron chi connectivity index (χ2n) is 7.39. The van der Waals surface area contributed by atoms with Gasteiger partial charge in [-0.3, -0.25) is 14.3 Å². The monoisotopic (exact) mass is 381 g/mol. The lowest BCUT2D eigenvalue weighted by Crippen LogP contribution is -2.45. The van der Waals surface area contributed by atoms with Crippen LogP contribution < -0.4 is 5.56 Å². The molecule has 2 aliphatic rings. The van der Waals surface area contributed by atoms with Gasteiger partial charge in [0.15, 0.2) is 0 Å². The van der Waals surface area contributed by atoms with E-state index in [-0.39, 0.29) is 5.56 Å². The topological polar surface area (TPSA) is 47.4 Å². The highest BCUT2D eigenvalue weighted by Gasteiger charge is 2.29. The fourth-order valence-corrected chi connectivity index (χ4v) is 5.58. The first kappa shape index (κ1) is 17.1. The molecule has 0 N–H and O–H groups in total. The Morgan fingerprint density at radius 3 is 2.81 bits per heavy atom. The quantitative estimate of drug-likeness (QED) is 0.700.